The van der Waals surface area contributed by atoms with Crippen LogP contribution in [0.1, 0.15) is 74.1 Å². The lowest BCUT2D eigenvalue weighted by atomic mass is 9.81. The highest BCUT2D eigenvalue weighted by Gasteiger charge is 2.48. The van der Waals surface area contributed by atoms with Gasteiger partial charge in [0.05, 0.1) is 11.6 Å². The Morgan fingerprint density at radius 3 is 2.39 bits per heavy atom. The molecule has 5 atom stereocenters. The number of rotatable bonds is 10. The van der Waals surface area contributed by atoms with E-state index in [-0.39, 0.29) is 29.9 Å². The van der Waals surface area contributed by atoms with Crippen LogP contribution in [0.25, 0.3) is 0 Å². The van der Waals surface area contributed by atoms with Crippen LogP contribution in [0, 0.1) is 5.92 Å². The Bertz CT molecular complexity index is 561. The van der Waals surface area contributed by atoms with E-state index < -0.39 is 17.2 Å². The van der Waals surface area contributed by atoms with Crippen LogP contribution in [0.3, 0.4) is 0 Å². The van der Waals surface area contributed by atoms with E-state index >= 15 is 0 Å². The molecule has 1 heterocycles. The number of hydrogen-bond donors (Lipinski definition) is 2. The predicted octanol–water partition coefficient (Wildman–Crippen LogP) is 3.35. The van der Waals surface area contributed by atoms with Gasteiger partial charge in [-0.15, -0.1) is 0 Å². The topological polar surface area (TPSA) is 76.7 Å². The standard InChI is InChI=1S/C22H40N2O4/c1-9-12-16-14-17(20(26)28-21(5,6)11-3)24-18(16)19(23-15(4)25)22(7,27-8)13-10-2/h9,12,16-19,24H,10-11,13-14H2,1-8H3,(H,23,25)/t16-,17+,18-,19-,22+/m1/s1. The zero-order valence-corrected chi connectivity index (χ0v) is 18.9. The van der Waals surface area contributed by atoms with Gasteiger partial charge in [-0.1, -0.05) is 32.4 Å². The summed E-state index contributed by atoms with van der Waals surface area (Å²) < 4.78 is 11.6. The molecule has 1 fully saturated rings. The van der Waals surface area contributed by atoms with Crippen molar-refractivity contribution in [2.24, 2.45) is 5.92 Å². The van der Waals surface area contributed by atoms with Crippen molar-refractivity contribution in [1.82, 2.24) is 10.6 Å². The molecule has 1 aliphatic rings. The summed E-state index contributed by atoms with van der Waals surface area (Å²) in [5.41, 5.74) is -1.04. The van der Waals surface area contributed by atoms with Gasteiger partial charge < -0.3 is 14.8 Å². The molecular weight excluding hydrogens is 356 g/mol. The maximum Gasteiger partial charge on any atom is 0.323 e. The molecule has 6 heteroatoms. The molecule has 0 spiro atoms. The second-order valence-electron chi connectivity index (χ2n) is 8.65. The number of methoxy groups -OCH3 is 1. The first-order chi connectivity index (χ1) is 13.0. The SMILES string of the molecule is CC=C[C@@H]1C[C@@H](C(=O)OC(C)(C)CC)N[C@H]1[C@@H](NC(C)=O)[C@](C)(CCC)OC. The van der Waals surface area contributed by atoms with Crippen LogP contribution < -0.4 is 10.6 Å². The number of amides is 1. The average molecular weight is 397 g/mol. The van der Waals surface area contributed by atoms with Crippen molar-refractivity contribution < 1.29 is 19.1 Å². The van der Waals surface area contributed by atoms with Crippen molar-refractivity contribution in [2.75, 3.05) is 7.11 Å². The van der Waals surface area contributed by atoms with Gasteiger partial charge >= 0.3 is 5.97 Å². The molecule has 0 bridgehead atoms. The van der Waals surface area contributed by atoms with Gasteiger partial charge in [0.1, 0.15) is 11.6 Å². The number of ether oxygens (including phenoxy) is 2. The second kappa shape index (κ2) is 10.4. The van der Waals surface area contributed by atoms with Gasteiger partial charge in [-0.2, -0.15) is 0 Å². The summed E-state index contributed by atoms with van der Waals surface area (Å²) in [6.07, 6.45) is 7.21. The highest BCUT2D eigenvalue weighted by atomic mass is 16.6. The smallest absolute Gasteiger partial charge is 0.323 e. The summed E-state index contributed by atoms with van der Waals surface area (Å²) in [6, 6.07) is -0.803. The van der Waals surface area contributed by atoms with Crippen LogP contribution in [-0.4, -0.2) is 48.3 Å². The van der Waals surface area contributed by atoms with Crippen molar-refractivity contribution in [1.29, 1.82) is 0 Å². The predicted molar refractivity (Wildman–Crippen MR) is 112 cm³/mol. The Kier molecular flexibility index (Phi) is 9.15. The minimum absolute atomic E-state index is 0.0930. The molecule has 28 heavy (non-hydrogen) atoms. The molecule has 0 aromatic heterocycles. The molecule has 6 nitrogen and oxygen atoms in total. The summed E-state index contributed by atoms with van der Waals surface area (Å²) in [7, 11) is 1.68. The summed E-state index contributed by atoms with van der Waals surface area (Å²) in [4.78, 5) is 24.8. The number of allylic oxidation sites excluding steroid dienone is 1. The van der Waals surface area contributed by atoms with Crippen molar-refractivity contribution in [3.8, 4) is 0 Å². The average Bonchev–Trinajstić information content (AvgIpc) is 3.03. The monoisotopic (exact) mass is 396 g/mol. The fraction of sp³-hybridized carbons (Fsp3) is 0.818. The molecule has 2 N–H and O–H groups in total. The Hall–Kier alpha value is -1.40. The van der Waals surface area contributed by atoms with Crippen LogP contribution in [-0.2, 0) is 19.1 Å². The molecule has 1 saturated heterocycles. The van der Waals surface area contributed by atoms with Crippen LogP contribution >= 0.6 is 0 Å². The van der Waals surface area contributed by atoms with E-state index in [4.69, 9.17) is 9.47 Å². The summed E-state index contributed by atoms with van der Waals surface area (Å²) in [5.74, 6) is -0.251. The molecule has 0 aliphatic carbocycles. The zero-order chi connectivity index (χ0) is 21.5. The van der Waals surface area contributed by atoms with Crippen LogP contribution in [0.2, 0.25) is 0 Å². The fourth-order valence-corrected chi connectivity index (χ4v) is 3.93. The van der Waals surface area contributed by atoms with Crippen molar-refractivity contribution >= 4 is 11.9 Å². The van der Waals surface area contributed by atoms with Crippen molar-refractivity contribution in [3.05, 3.63) is 12.2 Å². The van der Waals surface area contributed by atoms with Crippen molar-refractivity contribution in [3.63, 3.8) is 0 Å². The molecule has 0 aromatic carbocycles. The summed E-state index contributed by atoms with van der Waals surface area (Å²) >= 11 is 0. The lowest BCUT2D eigenvalue weighted by Crippen LogP contribution is -2.62. The van der Waals surface area contributed by atoms with Crippen molar-refractivity contribution in [2.45, 2.75) is 103 Å². The summed E-state index contributed by atoms with van der Waals surface area (Å²) in [5, 5.41) is 6.55. The molecule has 0 unspecified atom stereocenters. The third kappa shape index (κ3) is 6.31. The quantitative estimate of drug-likeness (QED) is 0.437. The largest absolute Gasteiger partial charge is 0.459 e. The lowest BCUT2D eigenvalue weighted by molar-refractivity contribution is -0.159. The van der Waals surface area contributed by atoms with Gasteiger partial charge in [0, 0.05) is 20.1 Å². The molecular formula is C22H40N2O4. The molecule has 162 valence electrons. The molecule has 1 rings (SSSR count). The van der Waals surface area contributed by atoms with Gasteiger partial charge in [0.25, 0.3) is 0 Å². The van der Waals surface area contributed by atoms with E-state index in [0.29, 0.717) is 6.42 Å². The van der Waals surface area contributed by atoms with E-state index in [1.165, 1.54) is 6.92 Å². The first kappa shape index (κ1) is 24.6. The summed E-state index contributed by atoms with van der Waals surface area (Å²) in [6.45, 7) is 13.5. The third-order valence-corrected chi connectivity index (χ3v) is 5.90. The van der Waals surface area contributed by atoms with E-state index in [1.54, 1.807) is 7.11 Å². The molecule has 1 amide bonds. The zero-order valence-electron chi connectivity index (χ0n) is 18.9. The highest BCUT2D eigenvalue weighted by molar-refractivity contribution is 5.77. The Morgan fingerprint density at radius 2 is 1.93 bits per heavy atom. The minimum atomic E-state index is -0.542. The maximum absolute atomic E-state index is 12.8. The Labute approximate surface area is 170 Å². The van der Waals surface area contributed by atoms with Crippen LogP contribution in [0.15, 0.2) is 12.2 Å². The number of carbonyl (C=O) groups excluding carboxylic acids is 2. The Balaban J connectivity index is 3.16. The highest BCUT2D eigenvalue weighted by Crippen LogP contribution is 2.33. The second-order valence-corrected chi connectivity index (χ2v) is 8.65. The first-order valence-corrected chi connectivity index (χ1v) is 10.5. The number of esters is 1. The maximum atomic E-state index is 12.8. The number of nitrogens with one attached hydrogen (secondary N) is 2. The lowest BCUT2D eigenvalue weighted by Gasteiger charge is -2.41. The van der Waals surface area contributed by atoms with Gasteiger partial charge in [0.2, 0.25) is 5.91 Å². The van der Waals surface area contributed by atoms with Gasteiger partial charge in [-0.25, -0.2) is 0 Å². The third-order valence-electron chi connectivity index (χ3n) is 5.90. The normalized spacial score (nSPS) is 26.1. The number of carbonyl (C=O) groups is 2. The van der Waals surface area contributed by atoms with E-state index in [1.807, 2.05) is 40.7 Å². The van der Waals surface area contributed by atoms with Gasteiger partial charge in [-0.05, 0) is 52.9 Å². The Morgan fingerprint density at radius 1 is 1.29 bits per heavy atom. The molecule has 0 aromatic rings. The molecule has 0 radical (unpaired) electrons. The minimum Gasteiger partial charge on any atom is -0.459 e. The number of hydrogen-bond acceptors (Lipinski definition) is 5. The molecule has 1 aliphatic heterocycles. The van der Waals surface area contributed by atoms with Crippen LogP contribution in [0.4, 0.5) is 0 Å². The molecule has 0 saturated carbocycles. The van der Waals surface area contributed by atoms with Gasteiger partial charge in [-0.3, -0.25) is 14.9 Å². The van der Waals surface area contributed by atoms with E-state index in [9.17, 15) is 9.59 Å². The van der Waals surface area contributed by atoms with E-state index in [0.717, 1.165) is 19.3 Å². The van der Waals surface area contributed by atoms with E-state index in [2.05, 4.69) is 23.6 Å². The van der Waals surface area contributed by atoms with Crippen LogP contribution in [0.5, 0.6) is 0 Å². The first-order valence-electron chi connectivity index (χ1n) is 10.5. The fourth-order valence-electron chi connectivity index (χ4n) is 3.93. The van der Waals surface area contributed by atoms with Gasteiger partial charge in [0.15, 0.2) is 0 Å².